The highest BCUT2D eigenvalue weighted by molar-refractivity contribution is 7.19. The van der Waals surface area contributed by atoms with E-state index in [0.717, 1.165) is 15.0 Å². The van der Waals surface area contributed by atoms with Gasteiger partial charge in [0, 0.05) is 15.1 Å². The molecule has 2 aromatic carbocycles. The summed E-state index contributed by atoms with van der Waals surface area (Å²) < 4.78 is 33.4. The third-order valence-corrected chi connectivity index (χ3v) is 4.55. The maximum absolute atomic E-state index is 14.3. The fraction of sp³-hybridized carbons (Fsp3) is 0.125. The molecule has 5 heteroatoms. The Kier molecular flexibility index (Phi) is 3.61. The number of ether oxygens (including phenoxy) is 1. The van der Waals surface area contributed by atoms with Crippen molar-refractivity contribution >= 4 is 21.4 Å². The molecular formula is C16H13F2NOS. The molecule has 0 amide bonds. The van der Waals surface area contributed by atoms with Gasteiger partial charge in [0.25, 0.3) is 0 Å². The van der Waals surface area contributed by atoms with E-state index in [2.05, 4.69) is 0 Å². The van der Waals surface area contributed by atoms with Crippen molar-refractivity contribution in [3.63, 3.8) is 0 Å². The minimum absolute atomic E-state index is 0.162. The van der Waals surface area contributed by atoms with E-state index < -0.39 is 11.9 Å². The molecule has 0 saturated carbocycles. The topological polar surface area (TPSA) is 35.2 Å². The fourth-order valence-corrected chi connectivity index (χ4v) is 3.33. The molecule has 108 valence electrons. The molecule has 0 saturated heterocycles. The number of fused-ring (bicyclic) bond motifs is 1. The molecule has 3 aromatic rings. The molecule has 0 aliphatic heterocycles. The minimum Gasteiger partial charge on any atom is -0.494 e. The van der Waals surface area contributed by atoms with E-state index in [1.165, 1.54) is 30.6 Å². The van der Waals surface area contributed by atoms with Crippen LogP contribution >= 0.6 is 11.3 Å². The Morgan fingerprint density at radius 1 is 1.14 bits per heavy atom. The van der Waals surface area contributed by atoms with Crippen molar-refractivity contribution in [1.82, 2.24) is 0 Å². The highest BCUT2D eigenvalue weighted by Crippen LogP contribution is 2.34. The number of halogens is 2. The molecule has 1 atom stereocenters. The number of thiophene rings is 1. The molecule has 0 aliphatic carbocycles. The van der Waals surface area contributed by atoms with E-state index in [4.69, 9.17) is 10.5 Å². The standard InChI is InChI=1S/C16H13F2NOS/c1-20-12-4-2-3-11(15(12)18)16(19)14-8-9-7-10(17)5-6-13(9)21-14/h2-8,16H,19H2,1H3. The van der Waals surface area contributed by atoms with Crippen molar-refractivity contribution in [3.05, 3.63) is 64.5 Å². The Balaban J connectivity index is 2.06. The predicted molar refractivity (Wildman–Crippen MR) is 80.8 cm³/mol. The van der Waals surface area contributed by atoms with Crippen molar-refractivity contribution in [2.24, 2.45) is 5.73 Å². The van der Waals surface area contributed by atoms with Crippen LogP contribution in [0.5, 0.6) is 5.75 Å². The maximum Gasteiger partial charge on any atom is 0.170 e. The molecule has 2 N–H and O–H groups in total. The number of rotatable bonds is 3. The summed E-state index contributed by atoms with van der Waals surface area (Å²) in [6.45, 7) is 0. The van der Waals surface area contributed by atoms with Gasteiger partial charge in [0.05, 0.1) is 13.2 Å². The van der Waals surface area contributed by atoms with Crippen LogP contribution in [0.4, 0.5) is 8.78 Å². The van der Waals surface area contributed by atoms with Gasteiger partial charge in [-0.25, -0.2) is 8.78 Å². The second-order valence-corrected chi connectivity index (χ2v) is 5.79. The van der Waals surface area contributed by atoms with Gasteiger partial charge in [-0.05, 0) is 35.7 Å². The molecule has 0 spiro atoms. The molecular weight excluding hydrogens is 292 g/mol. The van der Waals surface area contributed by atoms with Gasteiger partial charge in [-0.2, -0.15) is 0 Å². The summed E-state index contributed by atoms with van der Waals surface area (Å²) in [5, 5.41) is 0.772. The van der Waals surface area contributed by atoms with E-state index in [-0.39, 0.29) is 11.6 Å². The number of nitrogens with two attached hydrogens (primary N) is 1. The van der Waals surface area contributed by atoms with Gasteiger partial charge in [-0.15, -0.1) is 11.3 Å². The Hall–Kier alpha value is -1.98. The van der Waals surface area contributed by atoms with E-state index in [9.17, 15) is 8.78 Å². The van der Waals surface area contributed by atoms with Crippen LogP contribution in [0.1, 0.15) is 16.5 Å². The van der Waals surface area contributed by atoms with E-state index >= 15 is 0 Å². The number of methoxy groups -OCH3 is 1. The van der Waals surface area contributed by atoms with Gasteiger partial charge in [-0.1, -0.05) is 12.1 Å². The molecule has 1 unspecified atom stereocenters. The summed E-state index contributed by atoms with van der Waals surface area (Å²) >= 11 is 1.43. The third kappa shape index (κ3) is 2.50. The van der Waals surface area contributed by atoms with Gasteiger partial charge >= 0.3 is 0 Å². The van der Waals surface area contributed by atoms with Crippen LogP contribution < -0.4 is 10.5 Å². The highest BCUT2D eigenvalue weighted by atomic mass is 32.1. The first-order valence-corrected chi connectivity index (χ1v) is 7.19. The zero-order chi connectivity index (χ0) is 15.0. The lowest BCUT2D eigenvalue weighted by Gasteiger charge is -2.13. The van der Waals surface area contributed by atoms with Crippen molar-refractivity contribution in [2.45, 2.75) is 6.04 Å². The van der Waals surface area contributed by atoms with Crippen molar-refractivity contribution in [2.75, 3.05) is 7.11 Å². The zero-order valence-corrected chi connectivity index (χ0v) is 12.1. The van der Waals surface area contributed by atoms with Crippen LogP contribution in [0.15, 0.2) is 42.5 Å². The first-order valence-electron chi connectivity index (χ1n) is 6.37. The lowest BCUT2D eigenvalue weighted by Crippen LogP contribution is -2.12. The van der Waals surface area contributed by atoms with Crippen LogP contribution in [0.25, 0.3) is 10.1 Å². The number of hydrogen-bond donors (Lipinski definition) is 1. The Bertz CT molecular complexity index is 800. The predicted octanol–water partition coefficient (Wildman–Crippen LogP) is 4.24. The molecule has 2 nitrogen and oxygen atoms in total. The molecule has 0 fully saturated rings. The smallest absolute Gasteiger partial charge is 0.170 e. The monoisotopic (exact) mass is 305 g/mol. The summed E-state index contributed by atoms with van der Waals surface area (Å²) in [4.78, 5) is 0.780. The summed E-state index contributed by atoms with van der Waals surface area (Å²) in [6, 6.07) is 10.6. The highest BCUT2D eigenvalue weighted by Gasteiger charge is 2.18. The summed E-state index contributed by atoms with van der Waals surface area (Å²) in [6.07, 6.45) is 0. The van der Waals surface area contributed by atoms with Crippen LogP contribution in [0, 0.1) is 11.6 Å². The van der Waals surface area contributed by atoms with Crippen LogP contribution in [0.3, 0.4) is 0 Å². The van der Waals surface area contributed by atoms with Gasteiger partial charge in [-0.3, -0.25) is 0 Å². The number of hydrogen-bond acceptors (Lipinski definition) is 3. The van der Waals surface area contributed by atoms with Crippen LogP contribution in [-0.2, 0) is 0 Å². The zero-order valence-electron chi connectivity index (χ0n) is 11.3. The average molecular weight is 305 g/mol. The molecule has 1 heterocycles. The first-order chi connectivity index (χ1) is 10.1. The molecule has 0 aliphatic rings. The molecule has 3 rings (SSSR count). The van der Waals surface area contributed by atoms with E-state index in [0.29, 0.717) is 5.56 Å². The van der Waals surface area contributed by atoms with Crippen LogP contribution in [0.2, 0.25) is 0 Å². The van der Waals surface area contributed by atoms with Crippen molar-refractivity contribution < 1.29 is 13.5 Å². The van der Waals surface area contributed by atoms with Crippen LogP contribution in [-0.4, -0.2) is 7.11 Å². The lowest BCUT2D eigenvalue weighted by molar-refractivity contribution is 0.383. The fourth-order valence-electron chi connectivity index (χ4n) is 2.27. The number of benzene rings is 2. The van der Waals surface area contributed by atoms with E-state index in [1.54, 1.807) is 30.3 Å². The van der Waals surface area contributed by atoms with Gasteiger partial charge < -0.3 is 10.5 Å². The minimum atomic E-state index is -0.611. The molecule has 0 bridgehead atoms. The summed E-state index contributed by atoms with van der Waals surface area (Å²) in [7, 11) is 1.41. The SMILES string of the molecule is COc1cccc(C(N)c2cc3cc(F)ccc3s2)c1F. The quantitative estimate of drug-likeness (QED) is 0.785. The largest absolute Gasteiger partial charge is 0.494 e. The van der Waals surface area contributed by atoms with Crippen molar-refractivity contribution in [3.8, 4) is 5.75 Å². The molecule has 21 heavy (non-hydrogen) atoms. The van der Waals surface area contributed by atoms with Gasteiger partial charge in [0.2, 0.25) is 0 Å². The second kappa shape index (κ2) is 5.42. The normalized spacial score (nSPS) is 12.6. The van der Waals surface area contributed by atoms with Crippen molar-refractivity contribution in [1.29, 1.82) is 0 Å². The van der Waals surface area contributed by atoms with Gasteiger partial charge in [0.15, 0.2) is 11.6 Å². The van der Waals surface area contributed by atoms with E-state index in [1.807, 2.05) is 0 Å². The first kappa shape index (κ1) is 14.0. The molecule has 1 aromatic heterocycles. The Morgan fingerprint density at radius 2 is 1.95 bits per heavy atom. The lowest BCUT2D eigenvalue weighted by atomic mass is 10.0. The Labute approximate surface area is 124 Å². The summed E-state index contributed by atoms with van der Waals surface area (Å²) in [5.74, 6) is -0.598. The second-order valence-electron chi connectivity index (χ2n) is 4.67. The molecule has 0 radical (unpaired) electrons. The Morgan fingerprint density at radius 3 is 2.71 bits per heavy atom. The third-order valence-electron chi connectivity index (χ3n) is 3.35. The summed E-state index contributed by atoms with van der Waals surface area (Å²) in [5.41, 5.74) is 6.53. The average Bonchev–Trinajstić information content (AvgIpc) is 2.89. The van der Waals surface area contributed by atoms with Gasteiger partial charge in [0.1, 0.15) is 5.82 Å². The maximum atomic E-state index is 14.3.